The minimum Gasteiger partial charge on any atom is -0.208 e. The van der Waals surface area contributed by atoms with Gasteiger partial charge in [-0.05, 0) is 262 Å². The Balaban J connectivity index is 0.000000201. The summed E-state index contributed by atoms with van der Waals surface area (Å²) >= 11 is 0. The van der Waals surface area contributed by atoms with Gasteiger partial charge >= 0.3 is 0 Å². The van der Waals surface area contributed by atoms with Gasteiger partial charge in [0.05, 0.1) is 5.41 Å². The fourth-order valence-electron chi connectivity index (χ4n) is 17.8. The average molecular weight is 1500 g/mol. The molecule has 0 bridgehead atoms. The van der Waals surface area contributed by atoms with Crippen molar-refractivity contribution >= 4 is 0 Å². The van der Waals surface area contributed by atoms with E-state index in [9.17, 15) is 0 Å². The molecule has 0 N–H and O–H groups in total. The minimum absolute atomic E-state index is 0.475. The largest absolute Gasteiger partial charge is 0.208 e. The molecule has 0 aliphatic heterocycles. The number of unbranched alkanes of at least 4 members (excludes halogenated alkanes) is 21. The van der Waals surface area contributed by atoms with Crippen molar-refractivity contribution in [2.75, 3.05) is 0 Å². The van der Waals surface area contributed by atoms with E-state index in [4.69, 9.17) is 15.0 Å². The standard InChI is InChI=1S/C55H62.C35H43N3.C20H34/c1-9-11-13-15-17-43-19-25-47(26-20-43)55(48-27-21-44(22-28-48)18-16-14-12-10-2)51-35-45(53-39(5)31-37(3)32-40(53)6)23-29-49(51)50-30-24-46(36-52(50)55)54-41(7)33-38(4)34-42(54)8;1-4-5-6-7-8-9-10-11-12-13-14-29-19-25-32(26-20-29)35-37-33(30-21-15-27(2)16-22-30)36-34(38-35)31-23-17-28(3)18-24-31;1-5-7-9-11-13-19-15-18(4)20(16-17(19)3)14-12-10-8-6-2/h19-36H,9-18H2,1-8H3;15-26H,4-14H2,1-3H3;15-16H,5-14H2,1-4H3. The molecule has 0 fully saturated rings. The first-order valence-corrected chi connectivity index (χ1v) is 44.7. The molecule has 594 valence electrons. The van der Waals surface area contributed by atoms with Gasteiger partial charge in [0, 0.05) is 16.7 Å². The second-order valence-corrected chi connectivity index (χ2v) is 33.8. The number of aryl methyl sites for hydroxylation is 15. The third-order valence-electron chi connectivity index (χ3n) is 24.2. The van der Waals surface area contributed by atoms with Crippen molar-refractivity contribution in [2.24, 2.45) is 0 Å². The molecule has 1 heterocycles. The van der Waals surface area contributed by atoms with Gasteiger partial charge in [-0.15, -0.1) is 0 Å². The van der Waals surface area contributed by atoms with Crippen LogP contribution < -0.4 is 0 Å². The van der Waals surface area contributed by atoms with Crippen LogP contribution in [0.1, 0.15) is 307 Å². The van der Waals surface area contributed by atoms with Gasteiger partial charge in [-0.2, -0.15) is 0 Å². The second kappa shape index (κ2) is 44.2. The average Bonchev–Trinajstić information content (AvgIpc) is 1.54. The van der Waals surface area contributed by atoms with Crippen molar-refractivity contribution in [3.63, 3.8) is 0 Å². The molecule has 1 aromatic heterocycles. The Morgan fingerprint density at radius 3 is 0.788 bits per heavy atom. The monoisotopic (exact) mass is 1500 g/mol. The first-order valence-electron chi connectivity index (χ1n) is 44.7. The van der Waals surface area contributed by atoms with Crippen molar-refractivity contribution in [3.8, 4) is 67.5 Å². The molecular weight excluding hydrogens is 1360 g/mol. The first-order chi connectivity index (χ1) is 55.0. The van der Waals surface area contributed by atoms with Crippen molar-refractivity contribution in [1.29, 1.82) is 0 Å². The number of hydrogen-bond acceptors (Lipinski definition) is 3. The topological polar surface area (TPSA) is 38.7 Å². The Kier molecular flexibility index (Phi) is 33.9. The van der Waals surface area contributed by atoms with Gasteiger partial charge in [-0.1, -0.05) is 374 Å². The smallest absolute Gasteiger partial charge is 0.164 e. The van der Waals surface area contributed by atoms with Crippen LogP contribution in [-0.4, -0.2) is 15.0 Å². The Morgan fingerprint density at radius 1 is 0.221 bits per heavy atom. The number of aromatic nitrogens is 3. The van der Waals surface area contributed by atoms with Crippen LogP contribution in [0.5, 0.6) is 0 Å². The normalized spacial score (nSPS) is 12.0. The van der Waals surface area contributed by atoms with E-state index in [0.29, 0.717) is 11.6 Å². The highest BCUT2D eigenvalue weighted by Gasteiger charge is 2.47. The van der Waals surface area contributed by atoms with Crippen molar-refractivity contribution < 1.29 is 0 Å². The Hall–Kier alpha value is -8.79. The van der Waals surface area contributed by atoms with Gasteiger partial charge in [0.15, 0.2) is 17.5 Å². The second-order valence-electron chi connectivity index (χ2n) is 33.8. The van der Waals surface area contributed by atoms with Crippen LogP contribution in [0.25, 0.3) is 67.5 Å². The van der Waals surface area contributed by atoms with E-state index in [2.05, 4.69) is 298 Å². The summed E-state index contributed by atoms with van der Waals surface area (Å²) in [6.45, 7) is 33.8. The molecule has 12 rings (SSSR count). The summed E-state index contributed by atoms with van der Waals surface area (Å²) in [4.78, 5) is 14.6. The molecule has 0 saturated carbocycles. The zero-order valence-corrected chi connectivity index (χ0v) is 72.7. The van der Waals surface area contributed by atoms with Crippen molar-refractivity contribution in [3.05, 3.63) is 300 Å². The molecule has 1 aliphatic rings. The third-order valence-corrected chi connectivity index (χ3v) is 24.2. The maximum atomic E-state index is 4.88. The van der Waals surface area contributed by atoms with Crippen LogP contribution in [0.15, 0.2) is 194 Å². The van der Waals surface area contributed by atoms with Crippen LogP contribution in [0, 0.1) is 69.2 Å². The Bertz CT molecular complexity index is 4430. The summed E-state index contributed by atoms with van der Waals surface area (Å²) in [5.74, 6) is 2.14. The van der Waals surface area contributed by atoms with E-state index in [0.717, 1.165) is 41.8 Å². The van der Waals surface area contributed by atoms with Crippen LogP contribution in [0.4, 0.5) is 0 Å². The molecule has 0 amide bonds. The van der Waals surface area contributed by atoms with Crippen molar-refractivity contribution in [1.82, 2.24) is 15.0 Å². The first kappa shape index (κ1) is 86.6. The molecule has 11 aromatic rings. The zero-order chi connectivity index (χ0) is 80.1. The lowest BCUT2D eigenvalue weighted by molar-refractivity contribution is 0.556. The van der Waals surface area contributed by atoms with E-state index in [1.54, 1.807) is 11.1 Å². The van der Waals surface area contributed by atoms with Crippen LogP contribution >= 0.6 is 0 Å². The summed E-state index contributed by atoms with van der Waals surface area (Å²) in [7, 11) is 0. The minimum atomic E-state index is -0.475. The molecule has 3 heteroatoms. The van der Waals surface area contributed by atoms with Gasteiger partial charge in [-0.25, -0.2) is 15.0 Å². The quantitative estimate of drug-likeness (QED) is 0.0362. The molecule has 3 nitrogen and oxygen atoms in total. The van der Waals surface area contributed by atoms with Crippen LogP contribution in [0.2, 0.25) is 0 Å². The van der Waals surface area contributed by atoms with E-state index in [-0.39, 0.29) is 0 Å². The van der Waals surface area contributed by atoms with E-state index in [1.807, 2.05) is 0 Å². The number of nitrogens with zero attached hydrogens (tertiary/aromatic N) is 3. The van der Waals surface area contributed by atoms with Gasteiger partial charge < -0.3 is 0 Å². The van der Waals surface area contributed by atoms with Gasteiger partial charge in [-0.3, -0.25) is 0 Å². The number of rotatable bonds is 38. The van der Waals surface area contributed by atoms with E-state index in [1.165, 1.54) is 308 Å². The number of hydrogen-bond donors (Lipinski definition) is 0. The maximum Gasteiger partial charge on any atom is 0.164 e. The molecule has 0 radical (unpaired) electrons. The van der Waals surface area contributed by atoms with E-state index < -0.39 is 5.41 Å². The fraction of sp³-hybridized carbons (Fsp3) is 0.427. The third kappa shape index (κ3) is 23.7. The van der Waals surface area contributed by atoms with Crippen LogP contribution in [0.3, 0.4) is 0 Å². The van der Waals surface area contributed by atoms with Crippen LogP contribution in [-0.2, 0) is 37.5 Å². The molecule has 0 unspecified atom stereocenters. The predicted molar refractivity (Wildman–Crippen MR) is 491 cm³/mol. The summed E-state index contributed by atoms with van der Waals surface area (Å²) in [6.07, 6.45) is 40.8. The molecule has 1 aliphatic carbocycles. The highest BCUT2D eigenvalue weighted by atomic mass is 15.0. The SMILES string of the molecule is CCCCCCCCCCCCc1ccc(-c2nc(-c3ccc(C)cc3)nc(-c3ccc(C)cc3)n2)cc1.CCCCCCc1cc(C)c(CCCCCC)cc1C.CCCCCCc1ccc(C2(c3ccc(CCCCCC)cc3)c3cc(-c4c(C)cc(C)cc4C)ccc3-c3ccc(-c4c(C)cc(C)cc4C)cc32)cc1. The zero-order valence-electron chi connectivity index (χ0n) is 72.7. The fourth-order valence-corrected chi connectivity index (χ4v) is 17.8. The molecule has 10 aromatic carbocycles. The van der Waals surface area contributed by atoms with Gasteiger partial charge in [0.25, 0.3) is 0 Å². The molecule has 0 spiro atoms. The molecule has 0 saturated heterocycles. The number of benzene rings is 10. The lowest BCUT2D eigenvalue weighted by Crippen LogP contribution is -2.29. The molecular formula is C110H139N3. The van der Waals surface area contributed by atoms with E-state index >= 15 is 0 Å². The summed E-state index contributed by atoms with van der Waals surface area (Å²) < 4.78 is 0. The van der Waals surface area contributed by atoms with Gasteiger partial charge in [0.1, 0.15) is 0 Å². The lowest BCUT2D eigenvalue weighted by atomic mass is 9.66. The highest BCUT2D eigenvalue weighted by Crippen LogP contribution is 2.58. The Morgan fingerprint density at radius 2 is 0.478 bits per heavy atom. The predicted octanol–water partition coefficient (Wildman–Crippen LogP) is 32.0. The summed E-state index contributed by atoms with van der Waals surface area (Å²) in [5.41, 5.74) is 36.9. The Labute approximate surface area is 686 Å². The molecule has 0 atom stereocenters. The lowest BCUT2D eigenvalue weighted by Gasteiger charge is -2.35. The molecule has 113 heavy (non-hydrogen) atoms. The maximum absolute atomic E-state index is 4.88. The summed E-state index contributed by atoms with van der Waals surface area (Å²) in [5, 5.41) is 0. The van der Waals surface area contributed by atoms with Gasteiger partial charge in [0.2, 0.25) is 0 Å². The van der Waals surface area contributed by atoms with Crippen molar-refractivity contribution in [2.45, 2.75) is 308 Å². The highest BCUT2D eigenvalue weighted by molar-refractivity contribution is 5.91. The number of fused-ring (bicyclic) bond motifs is 3. The summed E-state index contributed by atoms with van der Waals surface area (Å²) in [6, 6.07) is 74.2.